The van der Waals surface area contributed by atoms with Crippen molar-refractivity contribution in [2.45, 2.75) is 103 Å². The Morgan fingerprint density at radius 2 is 1.32 bits per heavy atom. The summed E-state index contributed by atoms with van der Waals surface area (Å²) in [7, 11) is -18.1. The molecule has 0 unspecified atom stereocenters. The highest BCUT2D eigenvalue weighted by atomic mass is 32.2. The largest absolute Gasteiger partial charge is 0.744 e. The van der Waals surface area contributed by atoms with Gasteiger partial charge in [-0.05, 0) is 116 Å². The SMILES string of the molecule is C[N+]1=C(/C=C/C2=CC(=C/C=C3/N(CCCCCC(=O)O)c4ccc5c(S(=O)(=O)O)cc(S(=O)(=O)[O-])cc5c4C3(C)C)/CCC2)C(C)(C)c2c1ccc1c(S(=O)(=O)O)cc(S(=O)(=O)O)cc21. The maximum Gasteiger partial charge on any atom is 0.303 e. The number of hydrogen-bond donors (Lipinski definition) is 4. The van der Waals surface area contributed by atoms with E-state index >= 15 is 0 Å². The zero-order chi connectivity index (χ0) is 47.8. The molecule has 346 valence electrons. The van der Waals surface area contributed by atoms with E-state index in [9.17, 15) is 61.8 Å². The van der Waals surface area contributed by atoms with Crippen LogP contribution in [0.3, 0.4) is 0 Å². The van der Waals surface area contributed by atoms with Crippen LogP contribution in [0, 0.1) is 0 Å². The van der Waals surface area contributed by atoms with Crippen LogP contribution in [0.1, 0.15) is 83.8 Å². The zero-order valence-corrected chi connectivity index (χ0v) is 39.3. The first-order valence-electron chi connectivity index (χ1n) is 20.5. The molecule has 4 aromatic carbocycles. The van der Waals surface area contributed by atoms with Gasteiger partial charge in [-0.25, -0.2) is 8.42 Å². The Balaban J connectivity index is 1.28. The van der Waals surface area contributed by atoms with Gasteiger partial charge in [0.05, 0.1) is 15.2 Å². The Morgan fingerprint density at radius 3 is 1.92 bits per heavy atom. The number of aliphatic carboxylic acids is 1. The van der Waals surface area contributed by atoms with Gasteiger partial charge in [-0.3, -0.25) is 18.5 Å². The Labute approximate surface area is 378 Å². The van der Waals surface area contributed by atoms with Crippen molar-refractivity contribution in [3.63, 3.8) is 0 Å². The number of rotatable bonds is 13. The van der Waals surface area contributed by atoms with Gasteiger partial charge in [0.1, 0.15) is 27.0 Å². The van der Waals surface area contributed by atoms with Gasteiger partial charge in [0.15, 0.2) is 5.71 Å². The van der Waals surface area contributed by atoms with Gasteiger partial charge in [0.2, 0.25) is 5.69 Å². The number of carbonyl (C=O) groups is 1. The van der Waals surface area contributed by atoms with Gasteiger partial charge in [-0.15, -0.1) is 0 Å². The summed E-state index contributed by atoms with van der Waals surface area (Å²) < 4.78 is 143. The minimum Gasteiger partial charge on any atom is -0.744 e. The standard InChI is InChI=1S/C45H48N2O14S4/c1-44(2)39(46(5)35-17-15-31-33(42(35)44)23-29(62(50,51)52)25-37(31)64(56,57)58)19-13-27-10-9-11-28(22-27)14-20-40-45(3,4)43-34-24-30(63(53,54)55)26-38(65(59,60)61)32(34)16-18-36(43)47(40)21-8-6-7-12-41(48)49/h13-20,22-26H,6-12,21H2,1-5H3,(H4-,48,49,50,51,52,53,54,55,56,57,58,59,60,61). The lowest BCUT2D eigenvalue weighted by Gasteiger charge is -2.27. The average molecular weight is 969 g/mol. The lowest BCUT2D eigenvalue weighted by Crippen LogP contribution is -2.27. The van der Waals surface area contributed by atoms with Crippen LogP contribution in [0.4, 0.5) is 11.4 Å². The first-order chi connectivity index (χ1) is 30.0. The second-order valence-corrected chi connectivity index (χ2v) is 23.2. The number of hydrogen-bond acceptors (Lipinski definition) is 11. The molecule has 0 aromatic heterocycles. The quantitative estimate of drug-likeness (QED) is 0.0572. The fourth-order valence-electron chi connectivity index (χ4n) is 9.63. The fourth-order valence-corrected chi connectivity index (χ4v) is 12.3. The molecule has 0 saturated heterocycles. The summed E-state index contributed by atoms with van der Waals surface area (Å²) >= 11 is 0. The number of unbranched alkanes of at least 4 members (excludes halogenated alkanes) is 2. The van der Waals surface area contributed by atoms with Crippen molar-refractivity contribution in [3.05, 3.63) is 107 Å². The highest BCUT2D eigenvalue weighted by molar-refractivity contribution is 7.87. The van der Waals surface area contributed by atoms with Gasteiger partial charge in [0, 0.05) is 58.2 Å². The lowest BCUT2D eigenvalue weighted by molar-refractivity contribution is -0.401. The first kappa shape index (κ1) is 47.9. The van der Waals surface area contributed by atoms with Crippen molar-refractivity contribution >= 4 is 85.1 Å². The zero-order valence-electron chi connectivity index (χ0n) is 36.1. The number of carboxylic acids is 1. The van der Waals surface area contributed by atoms with Crippen molar-refractivity contribution < 1.29 is 66.4 Å². The van der Waals surface area contributed by atoms with E-state index in [4.69, 9.17) is 0 Å². The summed E-state index contributed by atoms with van der Waals surface area (Å²) in [6, 6.07) is 10.1. The monoisotopic (exact) mass is 968 g/mol. The molecule has 0 radical (unpaired) electrons. The molecule has 2 heterocycles. The fraction of sp³-hybridized carbons (Fsp3) is 0.333. The Bertz CT molecular complexity index is 3360. The molecular formula is C45H48N2O14S4. The Morgan fingerprint density at radius 1 is 0.723 bits per heavy atom. The van der Waals surface area contributed by atoms with Crippen LogP contribution in [-0.4, -0.2) is 86.8 Å². The summed E-state index contributed by atoms with van der Waals surface area (Å²) in [4.78, 5) is 10.4. The molecule has 0 saturated carbocycles. The molecule has 0 bridgehead atoms. The molecule has 0 amide bonds. The first-order valence-corrected chi connectivity index (χ1v) is 26.3. The summed E-state index contributed by atoms with van der Waals surface area (Å²) in [5.74, 6) is -0.908. The van der Waals surface area contributed by atoms with Crippen molar-refractivity contribution in [2.24, 2.45) is 0 Å². The van der Waals surface area contributed by atoms with Crippen LogP contribution >= 0.6 is 0 Å². The molecule has 4 N–H and O–H groups in total. The molecule has 16 nitrogen and oxygen atoms in total. The van der Waals surface area contributed by atoms with Gasteiger partial charge in [-0.2, -0.15) is 29.8 Å². The maximum atomic E-state index is 12.5. The van der Waals surface area contributed by atoms with E-state index in [1.54, 1.807) is 12.1 Å². The number of carboxylic acid groups (broad SMARTS) is 1. The third-order valence-electron chi connectivity index (χ3n) is 12.6. The second kappa shape index (κ2) is 16.7. The molecule has 0 fully saturated rings. The van der Waals surface area contributed by atoms with E-state index in [0.717, 1.165) is 54.0 Å². The lowest BCUT2D eigenvalue weighted by atomic mass is 9.78. The van der Waals surface area contributed by atoms with Crippen molar-refractivity contribution in [2.75, 3.05) is 18.5 Å². The Hall–Kier alpha value is -5.06. The van der Waals surface area contributed by atoms with Gasteiger partial charge in [-0.1, -0.05) is 44.6 Å². The molecule has 20 heteroatoms. The number of nitrogens with zero attached hydrogens (tertiary/aromatic N) is 2. The molecule has 1 aliphatic carbocycles. The minimum atomic E-state index is -5.16. The number of anilines is 1. The van der Waals surface area contributed by atoms with E-state index in [2.05, 4.69) is 6.08 Å². The average Bonchev–Trinajstić information content (AvgIpc) is 3.53. The summed E-state index contributed by atoms with van der Waals surface area (Å²) in [5, 5.41) is 9.71. The molecule has 0 spiro atoms. The molecule has 2 aliphatic heterocycles. The second-order valence-electron chi connectivity index (χ2n) is 17.6. The van der Waals surface area contributed by atoms with Crippen molar-refractivity contribution in [1.82, 2.24) is 0 Å². The smallest absolute Gasteiger partial charge is 0.303 e. The summed E-state index contributed by atoms with van der Waals surface area (Å²) in [5.41, 5.74) is 4.24. The van der Waals surface area contributed by atoms with Crippen molar-refractivity contribution in [1.29, 1.82) is 0 Å². The molecule has 0 atom stereocenters. The van der Waals surface area contributed by atoms with Crippen molar-refractivity contribution in [3.8, 4) is 0 Å². The number of benzene rings is 4. The summed E-state index contributed by atoms with van der Waals surface area (Å²) in [6.07, 6.45) is 13.8. The molecular weight excluding hydrogens is 921 g/mol. The minimum absolute atomic E-state index is 0.00213. The molecule has 4 aromatic rings. The van der Waals surface area contributed by atoms with Gasteiger partial charge in [0.25, 0.3) is 30.4 Å². The van der Waals surface area contributed by atoms with Crippen LogP contribution in [-0.2, 0) is 56.1 Å². The molecule has 7 rings (SSSR count). The van der Waals surface area contributed by atoms with E-state index in [-0.39, 0.29) is 28.0 Å². The van der Waals surface area contributed by atoms with Crippen LogP contribution < -0.4 is 4.90 Å². The van der Waals surface area contributed by atoms with E-state index in [1.165, 1.54) is 18.2 Å². The maximum absolute atomic E-state index is 12.5. The normalized spacial score (nSPS) is 18.9. The predicted molar refractivity (Wildman–Crippen MR) is 243 cm³/mol. The van der Waals surface area contributed by atoms with Gasteiger partial charge >= 0.3 is 5.97 Å². The van der Waals surface area contributed by atoms with Crippen LogP contribution in [0.25, 0.3) is 21.5 Å². The highest BCUT2D eigenvalue weighted by Crippen LogP contribution is 2.52. The third-order valence-corrected chi connectivity index (χ3v) is 16.0. The van der Waals surface area contributed by atoms with E-state index in [0.29, 0.717) is 54.4 Å². The highest BCUT2D eigenvalue weighted by Gasteiger charge is 2.45. The summed E-state index contributed by atoms with van der Waals surface area (Å²) in [6.45, 7) is 8.02. The van der Waals surface area contributed by atoms with Gasteiger partial charge < -0.3 is 14.6 Å². The van der Waals surface area contributed by atoms with Crippen LogP contribution in [0.15, 0.2) is 115 Å². The van der Waals surface area contributed by atoms with E-state index in [1.807, 2.05) is 68.5 Å². The van der Waals surface area contributed by atoms with Crippen LogP contribution in [0.2, 0.25) is 0 Å². The number of fused-ring (bicyclic) bond motifs is 6. The molecule has 3 aliphatic rings. The van der Waals surface area contributed by atoms with E-state index < -0.39 is 76.9 Å². The topological polar surface area (TPSA) is 264 Å². The third kappa shape index (κ3) is 9.10. The number of allylic oxidation sites excluding steroid dienone is 8. The van der Waals surface area contributed by atoms with Crippen LogP contribution in [0.5, 0.6) is 0 Å². The predicted octanol–water partition coefficient (Wildman–Crippen LogP) is 7.56. The Kier molecular flexibility index (Phi) is 12.3. The molecule has 65 heavy (non-hydrogen) atoms.